The lowest BCUT2D eigenvalue weighted by atomic mass is 9.86. The predicted molar refractivity (Wildman–Crippen MR) is 90.6 cm³/mol. The number of anilines is 1. The van der Waals surface area contributed by atoms with E-state index >= 15 is 0 Å². The molecule has 1 saturated carbocycles. The van der Waals surface area contributed by atoms with Crippen molar-refractivity contribution in [1.82, 2.24) is 10.2 Å². The second-order valence-corrected chi connectivity index (χ2v) is 7.70. The number of nitrogens with zero attached hydrogens (tertiary/aromatic N) is 2. The maximum absolute atomic E-state index is 9.61. The number of nitrogens with one attached hydrogen (secondary N) is 1. The zero-order valence-corrected chi connectivity index (χ0v) is 14.1. The van der Waals surface area contributed by atoms with Gasteiger partial charge in [-0.05, 0) is 30.5 Å². The lowest BCUT2D eigenvalue weighted by molar-refractivity contribution is 0.139. The fraction of sp³-hybridized carbons (Fsp3) is 0.500. The van der Waals surface area contributed by atoms with Crippen molar-refractivity contribution >= 4 is 28.1 Å². The largest absolute Gasteiger partial charge is 0.396 e. The van der Waals surface area contributed by atoms with Crippen LogP contribution in [0.25, 0.3) is 0 Å². The molecule has 1 fully saturated rings. The molecule has 2 aromatic rings. The van der Waals surface area contributed by atoms with Gasteiger partial charge in [0.15, 0.2) is 0 Å². The summed E-state index contributed by atoms with van der Waals surface area (Å²) in [6.45, 7) is 2.34. The highest BCUT2D eigenvalue weighted by atomic mass is 35.5. The Bertz CT molecular complexity index is 631. The molecule has 1 aliphatic rings. The van der Waals surface area contributed by atoms with Crippen LogP contribution in [0.5, 0.6) is 0 Å². The molecular weight excluding hydrogens is 318 g/mol. The summed E-state index contributed by atoms with van der Waals surface area (Å²) in [6.07, 6.45) is 4.03. The van der Waals surface area contributed by atoms with Gasteiger partial charge < -0.3 is 10.4 Å². The van der Waals surface area contributed by atoms with Gasteiger partial charge >= 0.3 is 0 Å². The van der Waals surface area contributed by atoms with E-state index < -0.39 is 0 Å². The molecule has 1 aromatic heterocycles. The van der Waals surface area contributed by atoms with Crippen LogP contribution < -0.4 is 5.32 Å². The summed E-state index contributed by atoms with van der Waals surface area (Å²) in [4.78, 5) is 0. The predicted octanol–water partition coefficient (Wildman–Crippen LogP) is 3.75. The van der Waals surface area contributed by atoms with Crippen molar-refractivity contribution in [2.75, 3.05) is 11.9 Å². The summed E-state index contributed by atoms with van der Waals surface area (Å²) in [5.74, 6) is 0. The van der Waals surface area contributed by atoms with Crippen LogP contribution in [0.1, 0.15) is 36.8 Å². The zero-order chi connectivity index (χ0) is 15.6. The van der Waals surface area contributed by atoms with Crippen molar-refractivity contribution < 1.29 is 5.11 Å². The van der Waals surface area contributed by atoms with Gasteiger partial charge in [-0.25, -0.2) is 0 Å². The van der Waals surface area contributed by atoms with Crippen molar-refractivity contribution in [3.8, 4) is 0 Å². The Kier molecular flexibility index (Phi) is 4.66. The van der Waals surface area contributed by atoms with Crippen molar-refractivity contribution in [2.45, 2.75) is 38.6 Å². The highest BCUT2D eigenvalue weighted by molar-refractivity contribution is 7.15. The smallest absolute Gasteiger partial charge is 0.205 e. The monoisotopic (exact) mass is 337 g/mol. The SMILES string of the molecule is CC1(CO)CCCC1Nc1nnc(Cc2ccc(Cl)cc2)s1. The Morgan fingerprint density at radius 1 is 1.36 bits per heavy atom. The number of aliphatic hydroxyl groups excluding tert-OH is 1. The highest BCUT2D eigenvalue weighted by Crippen LogP contribution is 2.39. The van der Waals surface area contributed by atoms with Crippen molar-refractivity contribution in [1.29, 1.82) is 0 Å². The molecule has 0 bridgehead atoms. The molecule has 22 heavy (non-hydrogen) atoms. The second kappa shape index (κ2) is 6.52. The summed E-state index contributed by atoms with van der Waals surface area (Å²) in [7, 11) is 0. The minimum absolute atomic E-state index is 0.0536. The Morgan fingerprint density at radius 3 is 2.86 bits per heavy atom. The van der Waals surface area contributed by atoms with E-state index in [0.29, 0.717) is 0 Å². The maximum Gasteiger partial charge on any atom is 0.205 e. The third-order valence-electron chi connectivity index (χ3n) is 4.48. The van der Waals surface area contributed by atoms with E-state index in [1.165, 1.54) is 5.56 Å². The molecule has 0 spiro atoms. The van der Waals surface area contributed by atoms with Gasteiger partial charge in [0.05, 0.1) is 6.61 Å². The quantitative estimate of drug-likeness (QED) is 0.872. The van der Waals surface area contributed by atoms with Crippen LogP contribution >= 0.6 is 22.9 Å². The van der Waals surface area contributed by atoms with Crippen LogP contribution in [0, 0.1) is 5.41 Å². The molecule has 4 nitrogen and oxygen atoms in total. The molecule has 6 heteroatoms. The first-order chi connectivity index (χ1) is 10.6. The number of rotatable bonds is 5. The average molecular weight is 338 g/mol. The van der Waals surface area contributed by atoms with Gasteiger partial charge in [-0.3, -0.25) is 0 Å². The molecule has 2 unspecified atom stereocenters. The van der Waals surface area contributed by atoms with Gasteiger partial charge in [-0.15, -0.1) is 10.2 Å². The van der Waals surface area contributed by atoms with Gasteiger partial charge in [0.1, 0.15) is 5.01 Å². The first kappa shape index (κ1) is 15.7. The van der Waals surface area contributed by atoms with Crippen LogP contribution in [0.2, 0.25) is 5.02 Å². The van der Waals surface area contributed by atoms with E-state index in [9.17, 15) is 5.11 Å². The molecule has 1 aliphatic carbocycles. The van der Waals surface area contributed by atoms with E-state index in [0.717, 1.165) is 40.8 Å². The highest BCUT2D eigenvalue weighted by Gasteiger charge is 2.38. The first-order valence-corrected chi connectivity index (χ1v) is 8.73. The van der Waals surface area contributed by atoms with Crippen molar-refractivity contribution in [3.63, 3.8) is 0 Å². The van der Waals surface area contributed by atoms with Crippen LogP contribution in [0.15, 0.2) is 24.3 Å². The molecule has 0 saturated heterocycles. The molecule has 2 N–H and O–H groups in total. The van der Waals surface area contributed by atoms with E-state index in [2.05, 4.69) is 22.4 Å². The molecule has 1 heterocycles. The van der Waals surface area contributed by atoms with Crippen molar-refractivity contribution in [3.05, 3.63) is 39.9 Å². The lowest BCUT2D eigenvalue weighted by Crippen LogP contribution is -2.36. The third kappa shape index (κ3) is 3.42. The van der Waals surface area contributed by atoms with E-state index in [1.807, 2.05) is 24.3 Å². The van der Waals surface area contributed by atoms with E-state index in [1.54, 1.807) is 11.3 Å². The normalized spacial score (nSPS) is 24.6. The van der Waals surface area contributed by atoms with Gasteiger partial charge in [-0.1, -0.05) is 48.4 Å². The van der Waals surface area contributed by atoms with E-state index in [4.69, 9.17) is 11.6 Å². The Labute approximate surface area is 139 Å². The number of aliphatic hydroxyl groups is 1. The zero-order valence-electron chi connectivity index (χ0n) is 12.6. The number of halogens is 1. The summed E-state index contributed by atoms with van der Waals surface area (Å²) in [5, 5.41) is 24.1. The van der Waals surface area contributed by atoms with Gasteiger partial charge in [0.25, 0.3) is 0 Å². The van der Waals surface area contributed by atoms with Crippen molar-refractivity contribution in [2.24, 2.45) is 5.41 Å². The van der Waals surface area contributed by atoms with Gasteiger partial charge in [-0.2, -0.15) is 0 Å². The van der Waals surface area contributed by atoms with Gasteiger partial charge in [0, 0.05) is 22.9 Å². The molecule has 118 valence electrons. The minimum atomic E-state index is -0.0536. The summed E-state index contributed by atoms with van der Waals surface area (Å²) in [6, 6.07) is 8.08. The number of aromatic nitrogens is 2. The summed E-state index contributed by atoms with van der Waals surface area (Å²) in [5.41, 5.74) is 1.12. The Morgan fingerprint density at radius 2 is 2.14 bits per heavy atom. The molecule has 1 aromatic carbocycles. The maximum atomic E-state index is 9.61. The fourth-order valence-electron chi connectivity index (χ4n) is 2.98. The van der Waals surface area contributed by atoms with Crippen LogP contribution in [0.3, 0.4) is 0 Å². The third-order valence-corrected chi connectivity index (χ3v) is 5.58. The molecular formula is C16H20ClN3OS. The standard InChI is InChI=1S/C16H20ClN3OS/c1-16(10-21)8-2-3-13(16)18-15-20-19-14(22-15)9-11-4-6-12(17)7-5-11/h4-7,13,21H,2-3,8-10H2,1H3,(H,18,20). The topological polar surface area (TPSA) is 58.0 Å². The van der Waals surface area contributed by atoms with Crippen LogP contribution in [-0.4, -0.2) is 28.0 Å². The summed E-state index contributed by atoms with van der Waals surface area (Å²) >= 11 is 7.48. The molecule has 0 amide bonds. The Hall–Kier alpha value is -1.17. The number of benzene rings is 1. The first-order valence-electron chi connectivity index (χ1n) is 7.53. The molecule has 0 aliphatic heterocycles. The second-order valence-electron chi connectivity index (χ2n) is 6.21. The number of hydrogen-bond donors (Lipinski definition) is 2. The molecule has 3 rings (SSSR count). The van der Waals surface area contributed by atoms with Gasteiger partial charge in [0.2, 0.25) is 5.13 Å². The average Bonchev–Trinajstić information content (AvgIpc) is 3.10. The fourth-order valence-corrected chi connectivity index (χ4v) is 3.93. The van der Waals surface area contributed by atoms with Crippen LogP contribution in [-0.2, 0) is 6.42 Å². The summed E-state index contributed by atoms with van der Waals surface area (Å²) < 4.78 is 0. The molecule has 0 radical (unpaired) electrons. The Balaban J connectivity index is 1.65. The van der Waals surface area contributed by atoms with Crippen LogP contribution in [0.4, 0.5) is 5.13 Å². The minimum Gasteiger partial charge on any atom is -0.396 e. The lowest BCUT2D eigenvalue weighted by Gasteiger charge is -2.29. The molecule has 2 atom stereocenters. The number of hydrogen-bond acceptors (Lipinski definition) is 5. The van der Waals surface area contributed by atoms with E-state index in [-0.39, 0.29) is 18.1 Å².